The second-order valence-electron chi connectivity index (χ2n) is 7.00. The third-order valence-electron chi connectivity index (χ3n) is 5.28. The Hall–Kier alpha value is -1.34. The summed E-state index contributed by atoms with van der Waals surface area (Å²) >= 11 is 11.9. The molecule has 1 aliphatic carbocycles. The molecule has 6 nitrogen and oxygen atoms in total. The Labute approximate surface area is 161 Å². The zero-order chi connectivity index (χ0) is 18.3. The Morgan fingerprint density at radius 3 is 2.46 bits per heavy atom. The lowest BCUT2D eigenvalue weighted by molar-refractivity contribution is -0.187. The first kappa shape index (κ1) is 18.0. The summed E-state index contributed by atoms with van der Waals surface area (Å²) in [5, 5.41) is 3.67. The minimum Gasteiger partial charge on any atom is -0.347 e. The average Bonchev–Trinajstić information content (AvgIpc) is 3.31. The number of hydrogen-bond acceptors (Lipinski definition) is 4. The maximum absolute atomic E-state index is 12.7. The number of carbonyl (C=O) groups excluding carboxylic acids is 2. The monoisotopic (exact) mass is 398 g/mol. The Kier molecular flexibility index (Phi) is 4.86. The van der Waals surface area contributed by atoms with Crippen LogP contribution in [0.25, 0.3) is 0 Å². The van der Waals surface area contributed by atoms with Crippen LogP contribution in [0, 0.1) is 11.8 Å². The lowest BCUT2D eigenvalue weighted by Gasteiger charge is -2.37. The van der Waals surface area contributed by atoms with E-state index in [4.69, 9.17) is 32.7 Å². The van der Waals surface area contributed by atoms with Crippen LogP contribution in [0.15, 0.2) is 18.2 Å². The molecule has 0 bridgehead atoms. The Balaban J connectivity index is 1.30. The number of carbonyl (C=O) groups is 2. The summed E-state index contributed by atoms with van der Waals surface area (Å²) in [6.45, 7) is 2.44. The van der Waals surface area contributed by atoms with E-state index < -0.39 is 5.79 Å². The van der Waals surface area contributed by atoms with Crippen LogP contribution >= 0.6 is 23.2 Å². The van der Waals surface area contributed by atoms with E-state index in [1.807, 2.05) is 4.90 Å². The highest BCUT2D eigenvalue weighted by molar-refractivity contribution is 6.36. The van der Waals surface area contributed by atoms with Gasteiger partial charge in [0.15, 0.2) is 5.79 Å². The SMILES string of the molecule is O=C(Nc1ccc(Cl)cc1Cl)C1CC1C(=O)N1CCC2(CC1)OCCO2. The van der Waals surface area contributed by atoms with E-state index in [9.17, 15) is 9.59 Å². The molecule has 2 saturated heterocycles. The minimum absolute atomic E-state index is 0.0419. The van der Waals surface area contributed by atoms with Crippen LogP contribution in [0.5, 0.6) is 0 Å². The number of nitrogens with zero attached hydrogens (tertiary/aromatic N) is 1. The van der Waals surface area contributed by atoms with Gasteiger partial charge in [-0.2, -0.15) is 0 Å². The Bertz CT molecular complexity index is 726. The molecule has 3 fully saturated rings. The molecule has 1 spiro atoms. The van der Waals surface area contributed by atoms with E-state index in [1.165, 1.54) is 0 Å². The number of rotatable bonds is 3. The van der Waals surface area contributed by atoms with Crippen LogP contribution in [-0.2, 0) is 19.1 Å². The number of likely N-dealkylation sites (tertiary alicyclic amines) is 1. The number of halogens is 2. The zero-order valence-electron chi connectivity index (χ0n) is 14.2. The van der Waals surface area contributed by atoms with Gasteiger partial charge in [-0.1, -0.05) is 23.2 Å². The molecule has 1 aromatic rings. The molecule has 2 amide bonds. The fraction of sp³-hybridized carbons (Fsp3) is 0.556. The molecule has 1 N–H and O–H groups in total. The van der Waals surface area contributed by atoms with E-state index in [-0.39, 0.29) is 23.7 Å². The van der Waals surface area contributed by atoms with Crippen LogP contribution in [0.4, 0.5) is 5.69 Å². The van der Waals surface area contributed by atoms with Crippen molar-refractivity contribution in [3.05, 3.63) is 28.2 Å². The lowest BCUT2D eigenvalue weighted by atomic mass is 10.0. The molecule has 2 heterocycles. The van der Waals surface area contributed by atoms with Crippen molar-refractivity contribution in [3.63, 3.8) is 0 Å². The van der Waals surface area contributed by atoms with Crippen molar-refractivity contribution in [2.24, 2.45) is 11.8 Å². The van der Waals surface area contributed by atoms with Gasteiger partial charge >= 0.3 is 0 Å². The molecule has 2 unspecified atom stereocenters. The summed E-state index contributed by atoms with van der Waals surface area (Å²) in [7, 11) is 0. The minimum atomic E-state index is -0.498. The van der Waals surface area contributed by atoms with E-state index in [0.29, 0.717) is 61.3 Å². The standard InChI is InChI=1S/C18H20Cl2N2O4/c19-11-1-2-15(14(20)9-11)21-16(23)12-10-13(12)17(24)22-5-3-18(4-6-22)25-7-8-26-18/h1-2,9,12-13H,3-8,10H2,(H,21,23). The van der Waals surface area contributed by atoms with Crippen molar-refractivity contribution in [3.8, 4) is 0 Å². The van der Waals surface area contributed by atoms with Crippen LogP contribution < -0.4 is 5.32 Å². The van der Waals surface area contributed by atoms with Gasteiger partial charge in [0.1, 0.15) is 0 Å². The molecule has 3 aliphatic rings. The van der Waals surface area contributed by atoms with Crippen molar-refractivity contribution in [1.82, 2.24) is 4.90 Å². The van der Waals surface area contributed by atoms with Gasteiger partial charge in [-0.25, -0.2) is 0 Å². The highest BCUT2D eigenvalue weighted by Crippen LogP contribution is 2.42. The van der Waals surface area contributed by atoms with Gasteiger partial charge in [-0.05, 0) is 24.6 Å². The number of benzene rings is 1. The predicted octanol–water partition coefficient (Wildman–Crippen LogP) is 2.93. The first-order valence-corrected chi connectivity index (χ1v) is 9.56. The molecule has 26 heavy (non-hydrogen) atoms. The molecule has 1 saturated carbocycles. The third-order valence-corrected chi connectivity index (χ3v) is 5.83. The first-order valence-electron chi connectivity index (χ1n) is 8.80. The number of nitrogens with one attached hydrogen (secondary N) is 1. The maximum atomic E-state index is 12.7. The normalized spacial score (nSPS) is 26.8. The summed E-state index contributed by atoms with van der Waals surface area (Å²) in [6, 6.07) is 4.90. The molecule has 1 aromatic carbocycles. The largest absolute Gasteiger partial charge is 0.347 e. The number of piperidine rings is 1. The van der Waals surface area contributed by atoms with E-state index >= 15 is 0 Å². The quantitative estimate of drug-likeness (QED) is 0.849. The van der Waals surface area contributed by atoms with Gasteiger partial charge in [-0.15, -0.1) is 0 Å². The average molecular weight is 399 g/mol. The fourth-order valence-electron chi connectivity index (χ4n) is 3.66. The summed E-state index contributed by atoms with van der Waals surface area (Å²) in [5.74, 6) is -1.18. The molecule has 2 aliphatic heterocycles. The van der Waals surface area contributed by atoms with E-state index in [2.05, 4.69) is 5.32 Å². The van der Waals surface area contributed by atoms with Crippen molar-refractivity contribution < 1.29 is 19.1 Å². The maximum Gasteiger partial charge on any atom is 0.228 e. The van der Waals surface area contributed by atoms with Crippen LogP contribution in [0.3, 0.4) is 0 Å². The number of anilines is 1. The predicted molar refractivity (Wildman–Crippen MR) is 97.1 cm³/mol. The van der Waals surface area contributed by atoms with Crippen molar-refractivity contribution in [1.29, 1.82) is 0 Å². The highest BCUT2D eigenvalue weighted by atomic mass is 35.5. The Morgan fingerprint density at radius 2 is 1.81 bits per heavy atom. The molecule has 2 atom stereocenters. The topological polar surface area (TPSA) is 67.9 Å². The van der Waals surface area contributed by atoms with Gasteiger partial charge in [0.25, 0.3) is 0 Å². The third kappa shape index (κ3) is 3.56. The Morgan fingerprint density at radius 1 is 1.12 bits per heavy atom. The lowest BCUT2D eigenvalue weighted by Crippen LogP contribution is -2.48. The fourth-order valence-corrected chi connectivity index (χ4v) is 4.12. The van der Waals surface area contributed by atoms with Gasteiger partial charge in [0.2, 0.25) is 11.8 Å². The zero-order valence-corrected chi connectivity index (χ0v) is 15.7. The molecule has 4 rings (SSSR count). The van der Waals surface area contributed by atoms with Crippen molar-refractivity contribution >= 4 is 40.7 Å². The van der Waals surface area contributed by atoms with Crippen molar-refractivity contribution in [2.75, 3.05) is 31.6 Å². The second-order valence-corrected chi connectivity index (χ2v) is 7.84. The molecule has 0 radical (unpaired) electrons. The van der Waals surface area contributed by atoms with E-state index in [0.717, 1.165) is 0 Å². The number of hydrogen-bond donors (Lipinski definition) is 1. The molecule has 140 valence electrons. The van der Waals surface area contributed by atoms with Crippen LogP contribution in [0.1, 0.15) is 19.3 Å². The summed E-state index contributed by atoms with van der Waals surface area (Å²) in [6.07, 6.45) is 1.94. The summed E-state index contributed by atoms with van der Waals surface area (Å²) in [4.78, 5) is 26.9. The first-order chi connectivity index (χ1) is 12.5. The number of amides is 2. The van der Waals surface area contributed by atoms with Crippen LogP contribution in [-0.4, -0.2) is 48.8 Å². The van der Waals surface area contributed by atoms with Gasteiger partial charge in [0.05, 0.1) is 35.8 Å². The number of ether oxygens (including phenoxy) is 2. The smallest absolute Gasteiger partial charge is 0.228 e. The van der Waals surface area contributed by atoms with Crippen LogP contribution in [0.2, 0.25) is 10.0 Å². The van der Waals surface area contributed by atoms with Crippen molar-refractivity contribution in [2.45, 2.75) is 25.0 Å². The van der Waals surface area contributed by atoms with E-state index in [1.54, 1.807) is 18.2 Å². The second kappa shape index (κ2) is 7.00. The summed E-state index contributed by atoms with van der Waals surface area (Å²) < 4.78 is 11.4. The van der Waals surface area contributed by atoms with Gasteiger partial charge in [0, 0.05) is 31.0 Å². The summed E-state index contributed by atoms with van der Waals surface area (Å²) in [5.41, 5.74) is 0.509. The van der Waals surface area contributed by atoms with Gasteiger partial charge < -0.3 is 19.7 Å². The molecule has 0 aromatic heterocycles. The van der Waals surface area contributed by atoms with Gasteiger partial charge in [-0.3, -0.25) is 9.59 Å². The highest BCUT2D eigenvalue weighted by Gasteiger charge is 2.51. The molecule has 8 heteroatoms. The molecular weight excluding hydrogens is 379 g/mol. The molecular formula is C18H20Cl2N2O4.